The van der Waals surface area contributed by atoms with E-state index in [1.165, 1.54) is 29.0 Å². The van der Waals surface area contributed by atoms with Crippen molar-refractivity contribution in [2.75, 3.05) is 5.43 Å². The number of aryl methyl sites for hydroxylation is 1. The Hall–Kier alpha value is -4.04. The van der Waals surface area contributed by atoms with Crippen molar-refractivity contribution in [2.24, 2.45) is 5.10 Å². The quantitative estimate of drug-likeness (QED) is 0.203. The first kappa shape index (κ1) is 21.2. The topological polar surface area (TPSA) is 89.7 Å². The molecule has 4 rings (SSSR count). The van der Waals surface area contributed by atoms with Crippen molar-refractivity contribution in [1.29, 1.82) is 0 Å². The number of rotatable bonds is 8. The molecule has 0 fully saturated rings. The van der Waals surface area contributed by atoms with Crippen LogP contribution in [0.2, 0.25) is 0 Å². The average molecular weight is 445 g/mol. The van der Waals surface area contributed by atoms with Gasteiger partial charge in [-0.05, 0) is 47.9 Å². The molecule has 0 atom stereocenters. The number of hydrogen-bond acceptors (Lipinski definition) is 7. The third-order valence-electron chi connectivity index (χ3n) is 4.77. The van der Waals surface area contributed by atoms with E-state index in [4.69, 9.17) is 4.74 Å². The Bertz CT molecular complexity index is 1250. The van der Waals surface area contributed by atoms with Crippen molar-refractivity contribution < 1.29 is 9.66 Å². The first-order valence-electron chi connectivity index (χ1n) is 9.85. The third kappa shape index (κ3) is 5.35. The first-order valence-corrected chi connectivity index (χ1v) is 10.7. The molecule has 0 amide bonds. The Balaban J connectivity index is 1.33. The Labute approximate surface area is 189 Å². The van der Waals surface area contributed by atoms with Gasteiger partial charge in [0.25, 0.3) is 5.69 Å². The van der Waals surface area contributed by atoms with Crippen LogP contribution < -0.4 is 10.2 Å². The maximum absolute atomic E-state index is 11.0. The lowest BCUT2D eigenvalue weighted by Gasteiger charge is -2.08. The van der Waals surface area contributed by atoms with Crippen LogP contribution in [0.1, 0.15) is 16.7 Å². The molecule has 160 valence electrons. The average Bonchev–Trinajstić information content (AvgIpc) is 3.28. The normalized spacial score (nSPS) is 10.9. The van der Waals surface area contributed by atoms with Gasteiger partial charge in [-0.3, -0.25) is 15.5 Å². The minimum absolute atomic E-state index is 0.0364. The van der Waals surface area contributed by atoms with Crippen molar-refractivity contribution >= 4 is 28.4 Å². The summed E-state index contributed by atoms with van der Waals surface area (Å²) in [5, 5.41) is 17.6. The lowest BCUT2D eigenvalue weighted by Crippen LogP contribution is -1.97. The van der Waals surface area contributed by atoms with Crippen LogP contribution in [0, 0.1) is 17.0 Å². The number of benzene rings is 3. The van der Waals surface area contributed by atoms with Gasteiger partial charge in [0.05, 0.1) is 16.8 Å². The fraction of sp³-hybridized carbons (Fsp3) is 0.0833. The summed E-state index contributed by atoms with van der Waals surface area (Å²) < 4.78 is 5.86. The highest BCUT2D eigenvalue weighted by atomic mass is 32.1. The van der Waals surface area contributed by atoms with Gasteiger partial charge in [-0.1, -0.05) is 36.4 Å². The van der Waals surface area contributed by atoms with Crippen LogP contribution in [0.5, 0.6) is 5.75 Å². The van der Waals surface area contributed by atoms with Crippen LogP contribution in [0.3, 0.4) is 0 Å². The van der Waals surface area contributed by atoms with Crippen molar-refractivity contribution in [2.45, 2.75) is 13.5 Å². The highest BCUT2D eigenvalue weighted by Crippen LogP contribution is 2.27. The molecule has 0 aliphatic carbocycles. The molecule has 1 aromatic heterocycles. The summed E-state index contributed by atoms with van der Waals surface area (Å²) in [5.74, 6) is 0.792. The summed E-state index contributed by atoms with van der Waals surface area (Å²) in [6.07, 6.45) is 1.69. The smallest absolute Gasteiger partial charge is 0.270 e. The van der Waals surface area contributed by atoms with Gasteiger partial charge in [0, 0.05) is 23.1 Å². The van der Waals surface area contributed by atoms with E-state index in [2.05, 4.69) is 34.6 Å². The second-order valence-corrected chi connectivity index (χ2v) is 7.86. The predicted octanol–water partition coefficient (Wildman–Crippen LogP) is 6.05. The van der Waals surface area contributed by atoms with Crippen LogP contribution in [-0.4, -0.2) is 16.1 Å². The summed E-state index contributed by atoms with van der Waals surface area (Å²) in [6, 6.07) is 22.2. The van der Waals surface area contributed by atoms with Gasteiger partial charge in [0.1, 0.15) is 12.4 Å². The lowest BCUT2D eigenvalue weighted by atomic mass is 10.1. The molecule has 8 heteroatoms. The third-order valence-corrected chi connectivity index (χ3v) is 5.51. The maximum Gasteiger partial charge on any atom is 0.270 e. The van der Waals surface area contributed by atoms with E-state index in [1.807, 2.05) is 41.8 Å². The van der Waals surface area contributed by atoms with E-state index in [1.54, 1.807) is 18.3 Å². The molecule has 3 aromatic carbocycles. The Kier molecular flexibility index (Phi) is 6.52. The van der Waals surface area contributed by atoms with Crippen molar-refractivity contribution in [3.8, 4) is 17.0 Å². The van der Waals surface area contributed by atoms with Crippen LogP contribution in [0.25, 0.3) is 11.3 Å². The number of anilines is 1. The van der Waals surface area contributed by atoms with Gasteiger partial charge in [-0.2, -0.15) is 5.10 Å². The number of hydrogen-bond donors (Lipinski definition) is 1. The van der Waals surface area contributed by atoms with Gasteiger partial charge < -0.3 is 4.74 Å². The van der Waals surface area contributed by atoms with Crippen LogP contribution >= 0.6 is 11.3 Å². The first-order chi connectivity index (χ1) is 15.6. The molecular formula is C24H20N4O3S. The zero-order chi connectivity index (χ0) is 22.3. The van der Waals surface area contributed by atoms with E-state index in [-0.39, 0.29) is 5.69 Å². The van der Waals surface area contributed by atoms with Gasteiger partial charge in [0.15, 0.2) is 0 Å². The van der Waals surface area contributed by atoms with Gasteiger partial charge >= 0.3 is 0 Å². The SMILES string of the molecule is Cc1ccccc1COc1ccc(/C=N/Nc2nc(-c3cccc([N+](=O)[O-])c3)cs2)cc1. The number of nitro benzene ring substituents is 1. The van der Waals surface area contributed by atoms with Gasteiger partial charge in [0.2, 0.25) is 5.13 Å². The predicted molar refractivity (Wildman–Crippen MR) is 127 cm³/mol. The maximum atomic E-state index is 11.0. The van der Waals surface area contributed by atoms with Gasteiger partial charge in [-0.25, -0.2) is 4.98 Å². The Morgan fingerprint density at radius 1 is 1.12 bits per heavy atom. The standard InChI is InChI=1S/C24H20N4O3S/c1-17-5-2-3-6-20(17)15-31-22-11-9-18(10-12-22)14-25-27-24-26-23(16-32-24)19-7-4-8-21(13-19)28(29)30/h2-14,16H,15H2,1H3,(H,26,27)/b25-14+. The summed E-state index contributed by atoms with van der Waals surface area (Å²) in [4.78, 5) is 15.0. The van der Waals surface area contributed by atoms with E-state index in [9.17, 15) is 10.1 Å². The zero-order valence-corrected chi connectivity index (χ0v) is 18.1. The molecule has 0 unspecified atom stereocenters. The van der Waals surface area contributed by atoms with Crippen molar-refractivity contribution in [3.05, 3.63) is 105 Å². The second-order valence-electron chi connectivity index (χ2n) is 7.00. The molecule has 0 spiro atoms. The molecule has 0 aliphatic heterocycles. The summed E-state index contributed by atoms with van der Waals surface area (Å²) >= 11 is 1.38. The summed E-state index contributed by atoms with van der Waals surface area (Å²) in [7, 11) is 0. The van der Waals surface area contributed by atoms with E-state index >= 15 is 0 Å². The Morgan fingerprint density at radius 3 is 2.72 bits per heavy atom. The number of nitrogens with zero attached hydrogens (tertiary/aromatic N) is 3. The number of hydrazone groups is 1. The highest BCUT2D eigenvalue weighted by Gasteiger charge is 2.09. The number of thiazole rings is 1. The highest BCUT2D eigenvalue weighted by molar-refractivity contribution is 7.14. The molecule has 0 saturated carbocycles. The monoisotopic (exact) mass is 444 g/mol. The number of nitrogens with one attached hydrogen (secondary N) is 1. The molecule has 4 aromatic rings. The van der Waals surface area contributed by atoms with E-state index in [0.29, 0.717) is 23.0 Å². The molecule has 0 aliphatic rings. The lowest BCUT2D eigenvalue weighted by molar-refractivity contribution is -0.384. The molecule has 0 radical (unpaired) electrons. The summed E-state index contributed by atoms with van der Waals surface area (Å²) in [5.41, 5.74) is 7.57. The van der Waals surface area contributed by atoms with Crippen LogP contribution in [0.4, 0.5) is 10.8 Å². The van der Waals surface area contributed by atoms with Crippen molar-refractivity contribution in [1.82, 2.24) is 4.98 Å². The zero-order valence-electron chi connectivity index (χ0n) is 17.3. The largest absolute Gasteiger partial charge is 0.489 e. The van der Waals surface area contributed by atoms with Gasteiger partial charge in [-0.15, -0.1) is 11.3 Å². The summed E-state index contributed by atoms with van der Waals surface area (Å²) in [6.45, 7) is 2.60. The molecule has 1 N–H and O–H groups in total. The fourth-order valence-electron chi connectivity index (χ4n) is 2.98. The molecule has 0 bridgehead atoms. The molecule has 32 heavy (non-hydrogen) atoms. The fourth-order valence-corrected chi connectivity index (χ4v) is 3.65. The Morgan fingerprint density at radius 2 is 1.94 bits per heavy atom. The molecule has 0 saturated heterocycles. The van der Waals surface area contributed by atoms with Crippen LogP contribution in [0.15, 0.2) is 83.3 Å². The van der Waals surface area contributed by atoms with Crippen molar-refractivity contribution in [3.63, 3.8) is 0 Å². The second kappa shape index (κ2) is 9.84. The molecular weight excluding hydrogens is 424 g/mol. The molecule has 1 heterocycles. The number of nitro groups is 1. The number of aromatic nitrogens is 1. The van der Waals surface area contributed by atoms with Crippen LogP contribution in [-0.2, 0) is 6.61 Å². The number of non-ortho nitro benzene ring substituents is 1. The van der Waals surface area contributed by atoms with E-state index in [0.717, 1.165) is 16.9 Å². The molecule has 7 nitrogen and oxygen atoms in total. The minimum atomic E-state index is -0.418. The minimum Gasteiger partial charge on any atom is -0.489 e. The van der Waals surface area contributed by atoms with E-state index < -0.39 is 4.92 Å². The number of ether oxygens (including phenoxy) is 1.